The van der Waals surface area contributed by atoms with Gasteiger partial charge < -0.3 is 24.3 Å². The van der Waals surface area contributed by atoms with E-state index in [9.17, 15) is 4.79 Å². The molecule has 0 aliphatic carbocycles. The molecule has 160 valence electrons. The molecule has 0 fully saturated rings. The van der Waals surface area contributed by atoms with Gasteiger partial charge in [-0.2, -0.15) is 0 Å². The number of amides is 1. The fraction of sp³-hybridized carbons (Fsp3) is 0.160. The second-order valence-corrected chi connectivity index (χ2v) is 7.72. The number of anilines is 2. The number of carbonyl (C=O) groups is 1. The van der Waals surface area contributed by atoms with Crippen molar-refractivity contribution in [1.82, 2.24) is 0 Å². The number of carbonyl (C=O) groups excluding carboxylic acids is 1. The summed E-state index contributed by atoms with van der Waals surface area (Å²) in [6.45, 7) is 0.519. The molecule has 0 radical (unpaired) electrons. The Bertz CT molecular complexity index is 1270. The maximum absolute atomic E-state index is 13.6. The summed E-state index contributed by atoms with van der Waals surface area (Å²) in [4.78, 5) is 15.4. The number of hydrogen-bond acceptors (Lipinski definition) is 6. The van der Waals surface area contributed by atoms with Gasteiger partial charge in [0.15, 0.2) is 11.5 Å². The summed E-state index contributed by atoms with van der Waals surface area (Å²) in [6.07, 6.45) is 1.64. The molecule has 6 rings (SSSR count). The number of rotatable bonds is 3. The van der Waals surface area contributed by atoms with Gasteiger partial charge in [0.25, 0.3) is 5.91 Å². The molecule has 32 heavy (non-hydrogen) atoms. The van der Waals surface area contributed by atoms with E-state index in [2.05, 4.69) is 11.4 Å². The van der Waals surface area contributed by atoms with Gasteiger partial charge in [-0.05, 0) is 42.5 Å². The molecule has 7 heteroatoms. The largest absolute Gasteiger partial charge is 0.497 e. The quantitative estimate of drug-likeness (QED) is 0.671. The molecule has 1 atom stereocenters. The van der Waals surface area contributed by atoms with Crippen LogP contribution in [0, 0.1) is 0 Å². The molecule has 3 heterocycles. The normalized spacial score (nSPS) is 18.2. The Kier molecular flexibility index (Phi) is 4.21. The number of para-hydroxylation sites is 1. The molecule has 1 amide bonds. The first-order chi connectivity index (χ1) is 15.7. The topological polar surface area (TPSA) is 69.3 Å². The third-order valence-corrected chi connectivity index (χ3v) is 5.87. The number of fused-ring (bicyclic) bond motifs is 3. The maximum Gasteiger partial charge on any atom is 0.262 e. The van der Waals surface area contributed by atoms with Crippen LogP contribution < -0.4 is 29.2 Å². The van der Waals surface area contributed by atoms with E-state index in [0.29, 0.717) is 29.4 Å². The van der Waals surface area contributed by atoms with Crippen LogP contribution in [0.15, 0.2) is 66.2 Å². The summed E-state index contributed by atoms with van der Waals surface area (Å²) < 4.78 is 22.3. The first-order valence-electron chi connectivity index (χ1n) is 10.3. The number of methoxy groups -OCH3 is 1. The highest BCUT2D eigenvalue weighted by Gasteiger charge is 2.37. The van der Waals surface area contributed by atoms with Crippen LogP contribution in [-0.2, 0) is 0 Å². The molecule has 1 unspecified atom stereocenters. The predicted octanol–water partition coefficient (Wildman–Crippen LogP) is 4.30. The van der Waals surface area contributed by atoms with Crippen LogP contribution in [0.4, 0.5) is 11.4 Å². The highest BCUT2D eigenvalue weighted by Crippen LogP contribution is 2.40. The average molecular weight is 428 g/mol. The van der Waals surface area contributed by atoms with Gasteiger partial charge in [0, 0.05) is 29.0 Å². The number of nitrogens with zero attached hydrogens (tertiary/aromatic N) is 1. The van der Waals surface area contributed by atoms with Crippen molar-refractivity contribution in [2.45, 2.75) is 6.17 Å². The molecule has 0 saturated heterocycles. The van der Waals surface area contributed by atoms with Crippen LogP contribution in [0.5, 0.6) is 23.0 Å². The standard InChI is InChI=1S/C25H20N2O5/c1-29-18-8-6-15-10-16(13-30-22(15)12-18)24-26-20-5-3-2-4-19(20)25(28)27(24)17-7-9-21-23(11-17)32-14-31-21/h2-12,24,26H,13-14H2,1H3. The first kappa shape index (κ1) is 18.6. The molecule has 0 saturated carbocycles. The van der Waals surface area contributed by atoms with E-state index >= 15 is 0 Å². The minimum atomic E-state index is -0.423. The van der Waals surface area contributed by atoms with Gasteiger partial charge in [-0.15, -0.1) is 0 Å². The number of hydrogen-bond donors (Lipinski definition) is 1. The fourth-order valence-corrected chi connectivity index (χ4v) is 4.26. The van der Waals surface area contributed by atoms with Crippen LogP contribution >= 0.6 is 0 Å². The van der Waals surface area contributed by atoms with Crippen molar-refractivity contribution >= 4 is 23.4 Å². The van der Waals surface area contributed by atoms with Crippen molar-refractivity contribution in [3.8, 4) is 23.0 Å². The van der Waals surface area contributed by atoms with Crippen LogP contribution in [-0.4, -0.2) is 32.6 Å². The minimum Gasteiger partial charge on any atom is -0.497 e. The van der Waals surface area contributed by atoms with Crippen molar-refractivity contribution < 1.29 is 23.7 Å². The minimum absolute atomic E-state index is 0.0929. The number of nitrogens with one attached hydrogen (secondary N) is 1. The zero-order valence-electron chi connectivity index (χ0n) is 17.3. The first-order valence-corrected chi connectivity index (χ1v) is 10.3. The maximum atomic E-state index is 13.6. The van der Waals surface area contributed by atoms with E-state index < -0.39 is 6.17 Å². The van der Waals surface area contributed by atoms with E-state index in [-0.39, 0.29) is 12.7 Å². The van der Waals surface area contributed by atoms with Crippen molar-refractivity contribution in [3.05, 3.63) is 77.4 Å². The smallest absolute Gasteiger partial charge is 0.262 e. The highest BCUT2D eigenvalue weighted by molar-refractivity contribution is 6.12. The Morgan fingerprint density at radius 2 is 1.84 bits per heavy atom. The average Bonchev–Trinajstić information content (AvgIpc) is 3.31. The Balaban J connectivity index is 1.45. The van der Waals surface area contributed by atoms with E-state index in [1.165, 1.54) is 0 Å². The molecular weight excluding hydrogens is 408 g/mol. The molecule has 3 aromatic carbocycles. The molecule has 0 bridgehead atoms. The van der Waals surface area contributed by atoms with E-state index in [1.54, 1.807) is 12.0 Å². The van der Waals surface area contributed by atoms with Gasteiger partial charge in [-0.1, -0.05) is 12.1 Å². The molecule has 3 aliphatic rings. The van der Waals surface area contributed by atoms with Crippen molar-refractivity contribution in [3.63, 3.8) is 0 Å². The summed E-state index contributed by atoms with van der Waals surface area (Å²) in [5.41, 5.74) is 3.99. The molecule has 3 aliphatic heterocycles. The Labute approximate surface area is 184 Å². The van der Waals surface area contributed by atoms with Gasteiger partial charge in [0.05, 0.1) is 18.4 Å². The predicted molar refractivity (Wildman–Crippen MR) is 120 cm³/mol. The third-order valence-electron chi connectivity index (χ3n) is 5.87. The van der Waals surface area contributed by atoms with E-state index in [0.717, 1.165) is 28.3 Å². The molecule has 7 nitrogen and oxygen atoms in total. The van der Waals surface area contributed by atoms with Gasteiger partial charge in [0.2, 0.25) is 6.79 Å². The highest BCUT2D eigenvalue weighted by atomic mass is 16.7. The van der Waals surface area contributed by atoms with Crippen molar-refractivity contribution in [1.29, 1.82) is 0 Å². The summed E-state index contributed by atoms with van der Waals surface area (Å²) in [7, 11) is 1.63. The zero-order valence-corrected chi connectivity index (χ0v) is 17.3. The molecule has 3 aromatic rings. The lowest BCUT2D eigenvalue weighted by Crippen LogP contribution is -2.51. The SMILES string of the molecule is COc1ccc2c(c1)OCC(C1Nc3ccccc3C(=O)N1c1ccc3c(c1)OCO3)=C2. The Hall–Kier alpha value is -4.13. The summed E-state index contributed by atoms with van der Waals surface area (Å²) in [6, 6.07) is 18.8. The van der Waals surface area contributed by atoms with Crippen LogP contribution in [0.25, 0.3) is 6.08 Å². The fourth-order valence-electron chi connectivity index (χ4n) is 4.26. The lowest BCUT2D eigenvalue weighted by Gasteiger charge is -2.40. The molecule has 0 spiro atoms. The van der Waals surface area contributed by atoms with Crippen molar-refractivity contribution in [2.24, 2.45) is 0 Å². The van der Waals surface area contributed by atoms with Gasteiger partial charge in [-0.25, -0.2) is 0 Å². The third kappa shape index (κ3) is 2.93. The lowest BCUT2D eigenvalue weighted by molar-refractivity contribution is 0.0977. The summed E-state index contributed by atoms with van der Waals surface area (Å²) in [5.74, 6) is 2.70. The molecular formula is C25H20N2O5. The van der Waals surface area contributed by atoms with E-state index in [1.807, 2.05) is 60.7 Å². The number of benzene rings is 3. The zero-order chi connectivity index (χ0) is 21.7. The number of ether oxygens (including phenoxy) is 4. The Morgan fingerprint density at radius 1 is 0.969 bits per heavy atom. The monoisotopic (exact) mass is 428 g/mol. The second kappa shape index (κ2) is 7.23. The van der Waals surface area contributed by atoms with Gasteiger partial charge in [0.1, 0.15) is 24.3 Å². The molecule has 1 N–H and O–H groups in total. The van der Waals surface area contributed by atoms with Crippen LogP contribution in [0.2, 0.25) is 0 Å². The lowest BCUT2D eigenvalue weighted by atomic mass is 9.99. The molecule has 0 aromatic heterocycles. The van der Waals surface area contributed by atoms with E-state index in [4.69, 9.17) is 18.9 Å². The second-order valence-electron chi connectivity index (χ2n) is 7.72. The van der Waals surface area contributed by atoms with Crippen LogP contribution in [0.3, 0.4) is 0 Å². The summed E-state index contributed by atoms with van der Waals surface area (Å²) in [5, 5.41) is 3.53. The van der Waals surface area contributed by atoms with Gasteiger partial charge in [-0.3, -0.25) is 9.69 Å². The summed E-state index contributed by atoms with van der Waals surface area (Å²) >= 11 is 0. The van der Waals surface area contributed by atoms with Gasteiger partial charge >= 0.3 is 0 Å². The van der Waals surface area contributed by atoms with Crippen molar-refractivity contribution in [2.75, 3.05) is 30.7 Å². The van der Waals surface area contributed by atoms with Crippen LogP contribution in [0.1, 0.15) is 15.9 Å². The Morgan fingerprint density at radius 3 is 2.75 bits per heavy atom.